The van der Waals surface area contributed by atoms with Gasteiger partial charge in [-0.1, -0.05) is 24.2 Å². The summed E-state index contributed by atoms with van der Waals surface area (Å²) in [7, 11) is 0. The quantitative estimate of drug-likeness (QED) is 0.889. The van der Waals surface area contributed by atoms with Gasteiger partial charge in [-0.15, -0.1) is 0 Å². The SMILES string of the molecule is CCN(Cc1nc(-c2ccc(C)c(F)c2)no1)CC(C)(C)O. The number of aryl methyl sites for hydroxylation is 1. The molecular formula is C16H22FN3O2. The summed E-state index contributed by atoms with van der Waals surface area (Å²) in [6.07, 6.45) is 0. The van der Waals surface area contributed by atoms with Crippen molar-refractivity contribution >= 4 is 0 Å². The zero-order valence-electron chi connectivity index (χ0n) is 13.4. The lowest BCUT2D eigenvalue weighted by molar-refractivity contribution is 0.0322. The highest BCUT2D eigenvalue weighted by Gasteiger charge is 2.19. The summed E-state index contributed by atoms with van der Waals surface area (Å²) in [6.45, 7) is 8.91. The summed E-state index contributed by atoms with van der Waals surface area (Å²) in [5.74, 6) is 0.524. The Morgan fingerprint density at radius 3 is 2.68 bits per heavy atom. The first kappa shape index (κ1) is 16.6. The van der Waals surface area contributed by atoms with Gasteiger partial charge in [0.15, 0.2) is 0 Å². The van der Waals surface area contributed by atoms with Crippen molar-refractivity contribution in [3.8, 4) is 11.4 Å². The zero-order valence-corrected chi connectivity index (χ0v) is 13.4. The van der Waals surface area contributed by atoms with Gasteiger partial charge in [0.1, 0.15) is 5.82 Å². The molecular weight excluding hydrogens is 285 g/mol. The minimum atomic E-state index is -0.793. The summed E-state index contributed by atoms with van der Waals surface area (Å²) >= 11 is 0. The van der Waals surface area contributed by atoms with Crippen LogP contribution >= 0.6 is 0 Å². The smallest absolute Gasteiger partial charge is 0.241 e. The van der Waals surface area contributed by atoms with Crippen LogP contribution in [0.2, 0.25) is 0 Å². The third-order valence-corrected chi connectivity index (χ3v) is 3.31. The number of likely N-dealkylation sites (N-methyl/N-ethyl adjacent to an activating group) is 1. The number of hydrogen-bond donors (Lipinski definition) is 1. The molecule has 0 spiro atoms. The van der Waals surface area contributed by atoms with Gasteiger partial charge in [0.25, 0.3) is 0 Å². The third kappa shape index (κ3) is 4.35. The van der Waals surface area contributed by atoms with Gasteiger partial charge in [0, 0.05) is 12.1 Å². The van der Waals surface area contributed by atoms with Crippen LogP contribution in [-0.2, 0) is 6.54 Å². The molecule has 0 saturated heterocycles. The van der Waals surface area contributed by atoms with E-state index in [1.54, 1.807) is 32.9 Å². The van der Waals surface area contributed by atoms with Crippen LogP contribution in [0.5, 0.6) is 0 Å². The number of hydrogen-bond acceptors (Lipinski definition) is 5. The Hall–Kier alpha value is -1.79. The number of aliphatic hydroxyl groups is 1. The molecule has 22 heavy (non-hydrogen) atoms. The van der Waals surface area contributed by atoms with E-state index in [4.69, 9.17) is 4.52 Å². The molecule has 0 fully saturated rings. The summed E-state index contributed by atoms with van der Waals surface area (Å²) in [6, 6.07) is 4.85. The van der Waals surface area contributed by atoms with Gasteiger partial charge in [-0.25, -0.2) is 4.39 Å². The van der Waals surface area contributed by atoms with Crippen molar-refractivity contribution < 1.29 is 14.0 Å². The maximum atomic E-state index is 13.6. The lowest BCUT2D eigenvalue weighted by Crippen LogP contribution is -2.38. The number of nitrogens with zero attached hydrogens (tertiary/aromatic N) is 3. The number of aromatic nitrogens is 2. The van der Waals surface area contributed by atoms with Gasteiger partial charge in [-0.2, -0.15) is 4.98 Å². The fraction of sp³-hybridized carbons (Fsp3) is 0.500. The molecule has 2 rings (SSSR count). The molecule has 1 N–H and O–H groups in total. The molecule has 6 heteroatoms. The number of rotatable bonds is 6. The first-order valence-corrected chi connectivity index (χ1v) is 7.32. The van der Waals surface area contributed by atoms with Crippen molar-refractivity contribution in [3.05, 3.63) is 35.5 Å². The highest BCUT2D eigenvalue weighted by molar-refractivity contribution is 5.54. The second-order valence-electron chi connectivity index (χ2n) is 6.09. The van der Waals surface area contributed by atoms with Gasteiger partial charge >= 0.3 is 0 Å². The van der Waals surface area contributed by atoms with Gasteiger partial charge < -0.3 is 9.63 Å². The van der Waals surface area contributed by atoms with Gasteiger partial charge in [-0.3, -0.25) is 4.90 Å². The van der Waals surface area contributed by atoms with E-state index >= 15 is 0 Å². The van der Waals surface area contributed by atoms with E-state index in [0.29, 0.717) is 35.9 Å². The molecule has 0 bridgehead atoms. The maximum absolute atomic E-state index is 13.6. The van der Waals surface area contributed by atoms with Crippen LogP contribution in [0.25, 0.3) is 11.4 Å². The lowest BCUT2D eigenvalue weighted by atomic mass is 10.1. The average molecular weight is 307 g/mol. The first-order valence-electron chi connectivity index (χ1n) is 7.32. The summed E-state index contributed by atoms with van der Waals surface area (Å²) < 4.78 is 18.8. The summed E-state index contributed by atoms with van der Waals surface area (Å²) in [5.41, 5.74) is 0.373. The molecule has 0 unspecified atom stereocenters. The molecule has 1 heterocycles. The van der Waals surface area contributed by atoms with Crippen molar-refractivity contribution in [2.75, 3.05) is 13.1 Å². The Balaban J connectivity index is 2.12. The molecule has 0 atom stereocenters. The Kier molecular flexibility index (Phi) is 4.93. The van der Waals surface area contributed by atoms with Gasteiger partial charge in [0.2, 0.25) is 11.7 Å². The summed E-state index contributed by atoms with van der Waals surface area (Å²) in [4.78, 5) is 6.31. The minimum Gasteiger partial charge on any atom is -0.389 e. The van der Waals surface area contributed by atoms with E-state index in [1.807, 2.05) is 11.8 Å². The number of benzene rings is 1. The van der Waals surface area contributed by atoms with Crippen molar-refractivity contribution in [2.24, 2.45) is 0 Å². The largest absolute Gasteiger partial charge is 0.389 e. The van der Waals surface area contributed by atoms with Crippen LogP contribution in [0.15, 0.2) is 22.7 Å². The summed E-state index contributed by atoms with van der Waals surface area (Å²) in [5, 5.41) is 13.8. The molecule has 5 nitrogen and oxygen atoms in total. The predicted octanol–water partition coefficient (Wildman–Crippen LogP) is 2.78. The first-order chi connectivity index (χ1) is 10.3. The zero-order chi connectivity index (χ0) is 16.3. The normalized spacial score (nSPS) is 12.1. The van der Waals surface area contributed by atoms with E-state index in [0.717, 1.165) is 6.54 Å². The average Bonchev–Trinajstić information content (AvgIpc) is 2.88. The second kappa shape index (κ2) is 6.54. The van der Waals surface area contributed by atoms with E-state index < -0.39 is 5.60 Å². The third-order valence-electron chi connectivity index (χ3n) is 3.31. The molecule has 0 amide bonds. The van der Waals surface area contributed by atoms with Gasteiger partial charge in [0.05, 0.1) is 12.1 Å². The van der Waals surface area contributed by atoms with E-state index in [1.165, 1.54) is 6.07 Å². The molecule has 0 saturated carbocycles. The second-order valence-corrected chi connectivity index (χ2v) is 6.09. The van der Waals surface area contributed by atoms with Gasteiger partial charge in [-0.05, 0) is 38.9 Å². The van der Waals surface area contributed by atoms with Crippen molar-refractivity contribution in [2.45, 2.75) is 39.8 Å². The fourth-order valence-corrected chi connectivity index (χ4v) is 2.19. The van der Waals surface area contributed by atoms with Crippen LogP contribution in [0.3, 0.4) is 0 Å². The lowest BCUT2D eigenvalue weighted by Gasteiger charge is -2.26. The Morgan fingerprint density at radius 1 is 1.36 bits per heavy atom. The van der Waals surface area contributed by atoms with Crippen molar-refractivity contribution in [3.63, 3.8) is 0 Å². The van der Waals surface area contributed by atoms with Crippen LogP contribution in [0.1, 0.15) is 32.2 Å². The van der Waals surface area contributed by atoms with E-state index in [-0.39, 0.29) is 5.82 Å². The van der Waals surface area contributed by atoms with Crippen LogP contribution in [0.4, 0.5) is 4.39 Å². The number of halogens is 1. The van der Waals surface area contributed by atoms with E-state index in [9.17, 15) is 9.50 Å². The molecule has 1 aromatic carbocycles. The molecule has 0 radical (unpaired) electrons. The van der Waals surface area contributed by atoms with Crippen LogP contribution < -0.4 is 0 Å². The highest BCUT2D eigenvalue weighted by atomic mass is 19.1. The highest BCUT2D eigenvalue weighted by Crippen LogP contribution is 2.19. The molecule has 0 aliphatic carbocycles. The Bertz CT molecular complexity index is 635. The topological polar surface area (TPSA) is 62.4 Å². The maximum Gasteiger partial charge on any atom is 0.241 e. The molecule has 0 aliphatic rings. The van der Waals surface area contributed by atoms with Crippen molar-refractivity contribution in [1.29, 1.82) is 0 Å². The monoisotopic (exact) mass is 307 g/mol. The predicted molar refractivity (Wildman–Crippen MR) is 81.7 cm³/mol. The Labute approximate surface area is 129 Å². The molecule has 1 aromatic heterocycles. The molecule has 2 aromatic rings. The van der Waals surface area contributed by atoms with Crippen LogP contribution in [0, 0.1) is 12.7 Å². The standard InChI is InChI=1S/C16H22FN3O2/c1-5-20(10-16(3,4)21)9-14-18-15(19-22-14)12-7-6-11(2)13(17)8-12/h6-8,21H,5,9-10H2,1-4H3. The minimum absolute atomic E-state index is 0.291. The van der Waals surface area contributed by atoms with E-state index in [2.05, 4.69) is 10.1 Å². The molecule has 120 valence electrons. The molecule has 0 aliphatic heterocycles. The fourth-order valence-electron chi connectivity index (χ4n) is 2.19. The van der Waals surface area contributed by atoms with Crippen LogP contribution in [-0.4, -0.2) is 38.8 Å². The Morgan fingerprint density at radius 2 is 2.09 bits per heavy atom. The van der Waals surface area contributed by atoms with Crippen molar-refractivity contribution in [1.82, 2.24) is 15.0 Å².